The average molecular weight is 392 g/mol. The van der Waals surface area contributed by atoms with Gasteiger partial charge in [-0.15, -0.1) is 11.6 Å². The normalized spacial score (nSPS) is 12.4. The van der Waals surface area contributed by atoms with E-state index in [1.165, 1.54) is 12.1 Å². The topological polar surface area (TPSA) is 0 Å². The summed E-state index contributed by atoms with van der Waals surface area (Å²) in [7, 11) is 0. The SMILES string of the molecule is Fc1ccc(CC(Cl)c2cc(Br)cc(Br)c2)cc1. The quantitative estimate of drug-likeness (QED) is 0.573. The zero-order valence-corrected chi connectivity index (χ0v) is 13.3. The predicted molar refractivity (Wildman–Crippen MR) is 80.5 cm³/mol. The summed E-state index contributed by atoms with van der Waals surface area (Å²) in [6.07, 6.45) is 0.671. The molecular formula is C14H10Br2ClF. The molecule has 0 aromatic heterocycles. The van der Waals surface area contributed by atoms with Crippen LogP contribution in [0.25, 0.3) is 0 Å². The van der Waals surface area contributed by atoms with Gasteiger partial charge in [-0.25, -0.2) is 4.39 Å². The summed E-state index contributed by atoms with van der Waals surface area (Å²) >= 11 is 13.3. The Balaban J connectivity index is 2.16. The zero-order valence-electron chi connectivity index (χ0n) is 9.34. The molecule has 0 saturated heterocycles. The number of hydrogen-bond acceptors (Lipinski definition) is 0. The van der Waals surface area contributed by atoms with Gasteiger partial charge in [0.2, 0.25) is 0 Å². The van der Waals surface area contributed by atoms with Gasteiger partial charge in [0, 0.05) is 8.95 Å². The van der Waals surface area contributed by atoms with Gasteiger partial charge in [0.15, 0.2) is 0 Å². The molecule has 0 aliphatic rings. The molecule has 1 atom stereocenters. The molecule has 0 saturated carbocycles. The van der Waals surface area contributed by atoms with Crippen molar-refractivity contribution in [2.24, 2.45) is 0 Å². The van der Waals surface area contributed by atoms with E-state index < -0.39 is 0 Å². The van der Waals surface area contributed by atoms with Crippen LogP contribution in [0.1, 0.15) is 16.5 Å². The fourth-order valence-electron chi connectivity index (χ4n) is 1.70. The van der Waals surface area contributed by atoms with E-state index in [9.17, 15) is 4.39 Å². The van der Waals surface area contributed by atoms with E-state index in [1.54, 1.807) is 12.1 Å². The molecule has 0 radical (unpaired) electrons. The van der Waals surface area contributed by atoms with Gasteiger partial charge in [-0.2, -0.15) is 0 Å². The Morgan fingerprint density at radius 3 is 2.11 bits per heavy atom. The third-order valence-corrected chi connectivity index (χ3v) is 3.90. The summed E-state index contributed by atoms with van der Waals surface area (Å²) in [6.45, 7) is 0. The molecule has 1 unspecified atom stereocenters. The number of halogens is 4. The van der Waals surface area contributed by atoms with Crippen LogP contribution in [0.3, 0.4) is 0 Å². The monoisotopic (exact) mass is 390 g/mol. The highest BCUT2D eigenvalue weighted by Crippen LogP contribution is 2.30. The third-order valence-electron chi connectivity index (χ3n) is 2.57. The highest BCUT2D eigenvalue weighted by molar-refractivity contribution is 9.11. The van der Waals surface area contributed by atoms with Crippen molar-refractivity contribution < 1.29 is 4.39 Å². The summed E-state index contributed by atoms with van der Waals surface area (Å²) in [6, 6.07) is 12.4. The van der Waals surface area contributed by atoms with Gasteiger partial charge in [0.05, 0.1) is 5.38 Å². The van der Waals surface area contributed by atoms with Crippen molar-refractivity contribution in [3.63, 3.8) is 0 Å². The molecule has 0 aliphatic carbocycles. The van der Waals surface area contributed by atoms with Gasteiger partial charge in [-0.3, -0.25) is 0 Å². The van der Waals surface area contributed by atoms with Crippen molar-refractivity contribution in [1.29, 1.82) is 0 Å². The Morgan fingerprint density at radius 1 is 1.00 bits per heavy atom. The first-order chi connectivity index (χ1) is 8.54. The first-order valence-electron chi connectivity index (χ1n) is 5.39. The molecule has 0 amide bonds. The first kappa shape index (κ1) is 14.0. The minimum Gasteiger partial charge on any atom is -0.207 e. The number of rotatable bonds is 3. The molecule has 0 fully saturated rings. The minimum absolute atomic E-state index is 0.135. The van der Waals surface area contributed by atoms with Crippen LogP contribution >= 0.6 is 43.5 Å². The van der Waals surface area contributed by atoms with E-state index >= 15 is 0 Å². The summed E-state index contributed by atoms with van der Waals surface area (Å²) in [5.41, 5.74) is 2.05. The highest BCUT2D eigenvalue weighted by Gasteiger charge is 2.10. The van der Waals surface area contributed by atoms with E-state index in [0.717, 1.165) is 20.1 Å². The van der Waals surface area contributed by atoms with E-state index in [4.69, 9.17) is 11.6 Å². The van der Waals surface area contributed by atoms with Crippen LogP contribution in [0, 0.1) is 5.82 Å². The van der Waals surface area contributed by atoms with E-state index in [1.807, 2.05) is 18.2 Å². The van der Waals surface area contributed by atoms with Gasteiger partial charge in [-0.1, -0.05) is 44.0 Å². The second-order valence-corrected chi connectivity index (χ2v) is 6.36. The number of alkyl halides is 1. The van der Waals surface area contributed by atoms with Crippen molar-refractivity contribution in [3.8, 4) is 0 Å². The van der Waals surface area contributed by atoms with Gasteiger partial charge in [0.25, 0.3) is 0 Å². The van der Waals surface area contributed by atoms with Gasteiger partial charge in [0.1, 0.15) is 5.82 Å². The Bertz CT molecular complexity index is 520. The van der Waals surface area contributed by atoms with Crippen molar-refractivity contribution >= 4 is 43.5 Å². The van der Waals surface area contributed by atoms with Crippen molar-refractivity contribution in [3.05, 3.63) is 68.4 Å². The van der Waals surface area contributed by atoms with Crippen molar-refractivity contribution in [1.82, 2.24) is 0 Å². The molecule has 0 N–H and O–H groups in total. The molecule has 2 rings (SSSR count). The number of benzene rings is 2. The van der Waals surface area contributed by atoms with Gasteiger partial charge < -0.3 is 0 Å². The molecule has 0 bridgehead atoms. The minimum atomic E-state index is -0.227. The lowest BCUT2D eigenvalue weighted by Gasteiger charge is -2.11. The fraction of sp³-hybridized carbons (Fsp3) is 0.143. The smallest absolute Gasteiger partial charge is 0.123 e. The maximum absolute atomic E-state index is 12.8. The van der Waals surface area contributed by atoms with E-state index in [2.05, 4.69) is 31.9 Å². The lowest BCUT2D eigenvalue weighted by atomic mass is 10.0. The van der Waals surface area contributed by atoms with Crippen LogP contribution in [0.2, 0.25) is 0 Å². The zero-order chi connectivity index (χ0) is 13.1. The highest BCUT2D eigenvalue weighted by atomic mass is 79.9. The molecule has 2 aromatic carbocycles. The maximum Gasteiger partial charge on any atom is 0.123 e. The fourth-order valence-corrected chi connectivity index (χ4v) is 3.33. The Morgan fingerprint density at radius 2 is 1.56 bits per heavy atom. The Hall–Kier alpha value is -0.380. The molecular weight excluding hydrogens is 382 g/mol. The molecule has 4 heteroatoms. The average Bonchev–Trinajstić information content (AvgIpc) is 2.31. The van der Waals surface area contributed by atoms with Crippen molar-refractivity contribution in [2.75, 3.05) is 0 Å². The summed E-state index contributed by atoms with van der Waals surface area (Å²) in [5, 5.41) is -0.135. The van der Waals surface area contributed by atoms with Crippen LogP contribution in [0.4, 0.5) is 4.39 Å². The predicted octanol–water partition coefficient (Wildman–Crippen LogP) is 5.87. The first-order valence-corrected chi connectivity index (χ1v) is 7.41. The van der Waals surface area contributed by atoms with Crippen LogP contribution in [-0.2, 0) is 6.42 Å². The second-order valence-electron chi connectivity index (χ2n) is 4.00. The Kier molecular flexibility index (Phi) is 4.82. The van der Waals surface area contributed by atoms with Crippen LogP contribution < -0.4 is 0 Å². The molecule has 0 nitrogen and oxygen atoms in total. The standard InChI is InChI=1S/C14H10Br2ClF/c15-11-6-10(7-12(16)8-11)14(17)5-9-1-3-13(18)4-2-9/h1-4,6-8,14H,5H2. The lowest BCUT2D eigenvalue weighted by molar-refractivity contribution is 0.627. The molecule has 0 heterocycles. The van der Waals surface area contributed by atoms with Crippen molar-refractivity contribution in [2.45, 2.75) is 11.8 Å². The summed E-state index contributed by atoms with van der Waals surface area (Å²) < 4.78 is 14.8. The Labute approximate surface area is 127 Å². The second kappa shape index (κ2) is 6.18. The third kappa shape index (κ3) is 3.81. The number of hydrogen-bond donors (Lipinski definition) is 0. The summed E-state index contributed by atoms with van der Waals surface area (Å²) in [5.74, 6) is -0.227. The van der Waals surface area contributed by atoms with Crippen LogP contribution in [-0.4, -0.2) is 0 Å². The maximum atomic E-state index is 12.8. The van der Waals surface area contributed by atoms with E-state index in [0.29, 0.717) is 6.42 Å². The molecule has 0 aliphatic heterocycles. The van der Waals surface area contributed by atoms with Gasteiger partial charge in [-0.05, 0) is 47.9 Å². The molecule has 2 aromatic rings. The summed E-state index contributed by atoms with van der Waals surface area (Å²) in [4.78, 5) is 0. The molecule has 0 spiro atoms. The van der Waals surface area contributed by atoms with Crippen LogP contribution in [0.15, 0.2) is 51.4 Å². The molecule has 18 heavy (non-hydrogen) atoms. The molecule has 94 valence electrons. The van der Waals surface area contributed by atoms with Crippen LogP contribution in [0.5, 0.6) is 0 Å². The largest absolute Gasteiger partial charge is 0.207 e. The van der Waals surface area contributed by atoms with Gasteiger partial charge >= 0.3 is 0 Å². The van der Waals surface area contributed by atoms with E-state index in [-0.39, 0.29) is 11.2 Å². The lowest BCUT2D eigenvalue weighted by Crippen LogP contribution is -1.96.